The minimum atomic E-state index is -0.583. The van der Waals surface area contributed by atoms with Crippen LogP contribution >= 0.6 is 24.0 Å². The van der Waals surface area contributed by atoms with Crippen molar-refractivity contribution in [2.24, 2.45) is 10.7 Å². The van der Waals surface area contributed by atoms with Crippen LogP contribution in [0.5, 0.6) is 0 Å². The van der Waals surface area contributed by atoms with Crippen molar-refractivity contribution in [3.8, 4) is 0 Å². The molecule has 0 bridgehead atoms. The van der Waals surface area contributed by atoms with Crippen LogP contribution in [0.3, 0.4) is 0 Å². The second kappa shape index (κ2) is 11.5. The van der Waals surface area contributed by atoms with Crippen molar-refractivity contribution in [1.29, 1.82) is 0 Å². The second-order valence-corrected chi connectivity index (χ2v) is 7.53. The molecule has 0 aliphatic carbocycles. The third-order valence-electron chi connectivity index (χ3n) is 5.56. The van der Waals surface area contributed by atoms with Crippen LogP contribution in [-0.4, -0.2) is 84.3 Å². The van der Waals surface area contributed by atoms with Crippen molar-refractivity contribution in [2.45, 2.75) is 39.3 Å². The van der Waals surface area contributed by atoms with Crippen molar-refractivity contribution in [1.82, 2.24) is 20.0 Å². The van der Waals surface area contributed by atoms with Crippen LogP contribution in [0.25, 0.3) is 0 Å². The van der Waals surface area contributed by atoms with E-state index in [4.69, 9.17) is 10.2 Å². The predicted molar refractivity (Wildman–Crippen MR) is 126 cm³/mol. The van der Waals surface area contributed by atoms with Crippen LogP contribution < -0.4 is 11.1 Å². The lowest BCUT2D eigenvalue weighted by molar-refractivity contribution is -0.135. The van der Waals surface area contributed by atoms with Gasteiger partial charge in [0.05, 0.1) is 6.04 Å². The van der Waals surface area contributed by atoms with Crippen molar-refractivity contribution < 1.29 is 14.0 Å². The molecule has 0 radical (unpaired) electrons. The molecule has 0 aromatic carbocycles. The summed E-state index contributed by atoms with van der Waals surface area (Å²) in [7, 11) is 0. The van der Waals surface area contributed by atoms with Crippen LogP contribution in [0, 0.1) is 0 Å². The smallest absolute Gasteiger partial charge is 0.284 e. The Hall–Kier alpha value is -1.82. The number of carbonyl (C=O) groups excluding carboxylic acids is 2. The first-order valence-corrected chi connectivity index (χ1v) is 10.4. The molecule has 30 heavy (non-hydrogen) atoms. The van der Waals surface area contributed by atoms with Gasteiger partial charge in [0.25, 0.3) is 5.91 Å². The Labute approximate surface area is 195 Å². The number of nitrogens with zero attached hydrogens (tertiary/aromatic N) is 4. The molecule has 1 unspecified atom stereocenters. The Kier molecular flexibility index (Phi) is 9.40. The fourth-order valence-corrected chi connectivity index (χ4v) is 3.85. The van der Waals surface area contributed by atoms with Gasteiger partial charge >= 0.3 is 0 Å². The zero-order valence-corrected chi connectivity index (χ0v) is 20.1. The number of amides is 2. The van der Waals surface area contributed by atoms with Gasteiger partial charge in [-0.05, 0) is 38.8 Å². The first-order valence-electron chi connectivity index (χ1n) is 10.4. The molecule has 2 fully saturated rings. The number of furan rings is 1. The van der Waals surface area contributed by atoms with Crippen molar-refractivity contribution in [2.75, 3.05) is 45.8 Å². The molecular formula is C20H33IN6O3. The number of likely N-dealkylation sites (tertiary alicyclic amines) is 1. The molecule has 2 saturated heterocycles. The number of piperazine rings is 1. The van der Waals surface area contributed by atoms with Gasteiger partial charge in [-0.3, -0.25) is 14.5 Å². The predicted octanol–water partition coefficient (Wildman–Crippen LogP) is 1.09. The molecule has 1 aromatic heterocycles. The SMILES string of the molecule is CCNC(=NCc1ccc(C(N)=O)o1)N1CCN(C(C)C(=O)N2CCCC2)CC1.I. The number of carbonyl (C=O) groups is 2. The number of nitrogens with one attached hydrogen (secondary N) is 1. The molecule has 3 rings (SSSR count). The summed E-state index contributed by atoms with van der Waals surface area (Å²) in [5.41, 5.74) is 5.23. The lowest BCUT2D eigenvalue weighted by Crippen LogP contribution is -2.57. The number of primary amides is 1. The second-order valence-electron chi connectivity index (χ2n) is 7.53. The van der Waals surface area contributed by atoms with Gasteiger partial charge in [-0.15, -0.1) is 24.0 Å². The standard InChI is InChI=1S/C20H32N6O3.HI/c1-3-22-20(23-14-16-6-7-17(29-16)18(21)27)26-12-10-24(11-13-26)15(2)19(28)25-8-4-5-9-25;/h6-7,15H,3-5,8-14H2,1-2H3,(H2,21,27)(H,22,23);1H. The maximum Gasteiger partial charge on any atom is 0.284 e. The van der Waals surface area contributed by atoms with E-state index in [0.29, 0.717) is 12.3 Å². The molecule has 3 heterocycles. The molecular weight excluding hydrogens is 499 g/mol. The number of guanidine groups is 1. The van der Waals surface area contributed by atoms with Gasteiger partial charge in [-0.25, -0.2) is 4.99 Å². The van der Waals surface area contributed by atoms with Gasteiger partial charge in [0.1, 0.15) is 12.3 Å². The van der Waals surface area contributed by atoms with Gasteiger partial charge in [0.2, 0.25) is 5.91 Å². The highest BCUT2D eigenvalue weighted by Crippen LogP contribution is 2.14. The fourth-order valence-electron chi connectivity index (χ4n) is 3.85. The van der Waals surface area contributed by atoms with E-state index in [-0.39, 0.29) is 41.7 Å². The Morgan fingerprint density at radius 2 is 1.80 bits per heavy atom. The van der Waals surface area contributed by atoms with Crippen LogP contribution in [-0.2, 0) is 11.3 Å². The summed E-state index contributed by atoms with van der Waals surface area (Å²) in [5.74, 6) is 1.21. The normalized spacial score (nSPS) is 18.8. The number of aliphatic imine (C=N–C) groups is 1. The number of rotatable bonds is 6. The molecule has 0 saturated carbocycles. The Bertz CT molecular complexity index is 739. The van der Waals surface area contributed by atoms with Gasteiger partial charge < -0.3 is 25.3 Å². The van der Waals surface area contributed by atoms with Gasteiger partial charge in [0.15, 0.2) is 11.7 Å². The van der Waals surface area contributed by atoms with E-state index in [1.165, 1.54) is 0 Å². The van der Waals surface area contributed by atoms with E-state index >= 15 is 0 Å². The number of hydrogen-bond donors (Lipinski definition) is 2. The molecule has 9 nitrogen and oxygen atoms in total. The van der Waals surface area contributed by atoms with E-state index in [9.17, 15) is 9.59 Å². The summed E-state index contributed by atoms with van der Waals surface area (Å²) in [5, 5.41) is 3.31. The zero-order chi connectivity index (χ0) is 20.8. The van der Waals surface area contributed by atoms with E-state index < -0.39 is 5.91 Å². The Morgan fingerprint density at radius 3 is 2.37 bits per heavy atom. The van der Waals surface area contributed by atoms with Gasteiger partial charge in [-0.2, -0.15) is 0 Å². The highest BCUT2D eigenvalue weighted by Gasteiger charge is 2.30. The molecule has 3 N–H and O–H groups in total. The number of halogens is 1. The lowest BCUT2D eigenvalue weighted by atomic mass is 10.2. The summed E-state index contributed by atoms with van der Waals surface area (Å²) in [6.45, 7) is 10.2. The summed E-state index contributed by atoms with van der Waals surface area (Å²) >= 11 is 0. The number of nitrogens with two attached hydrogens (primary N) is 1. The van der Waals surface area contributed by atoms with E-state index in [2.05, 4.69) is 20.1 Å². The minimum absolute atomic E-state index is 0. The molecule has 0 spiro atoms. The molecule has 2 amide bonds. The largest absolute Gasteiger partial charge is 0.454 e. The molecule has 168 valence electrons. The van der Waals surface area contributed by atoms with Crippen molar-refractivity contribution >= 4 is 41.8 Å². The van der Waals surface area contributed by atoms with Gasteiger partial charge in [0, 0.05) is 45.8 Å². The Morgan fingerprint density at radius 1 is 1.13 bits per heavy atom. The maximum atomic E-state index is 12.7. The highest BCUT2D eigenvalue weighted by molar-refractivity contribution is 14.0. The maximum absolute atomic E-state index is 12.7. The van der Waals surface area contributed by atoms with E-state index in [1.54, 1.807) is 12.1 Å². The topological polar surface area (TPSA) is 107 Å². The third-order valence-corrected chi connectivity index (χ3v) is 5.56. The van der Waals surface area contributed by atoms with Crippen LogP contribution in [0.4, 0.5) is 0 Å². The summed E-state index contributed by atoms with van der Waals surface area (Å²) in [6.07, 6.45) is 2.23. The highest BCUT2D eigenvalue weighted by atomic mass is 127. The first-order chi connectivity index (χ1) is 14.0. The molecule has 1 aromatic rings. The molecule has 1 atom stereocenters. The monoisotopic (exact) mass is 532 g/mol. The quantitative estimate of drug-likeness (QED) is 0.323. The first kappa shape index (κ1) is 24.4. The summed E-state index contributed by atoms with van der Waals surface area (Å²) < 4.78 is 5.41. The van der Waals surface area contributed by atoms with Crippen LogP contribution in [0.2, 0.25) is 0 Å². The van der Waals surface area contributed by atoms with Gasteiger partial charge in [-0.1, -0.05) is 0 Å². The summed E-state index contributed by atoms with van der Waals surface area (Å²) in [4.78, 5) is 34.9. The Balaban J connectivity index is 0.00000320. The lowest BCUT2D eigenvalue weighted by Gasteiger charge is -2.39. The molecule has 2 aliphatic heterocycles. The molecule has 2 aliphatic rings. The average molecular weight is 532 g/mol. The van der Waals surface area contributed by atoms with E-state index in [0.717, 1.165) is 64.6 Å². The number of hydrogen-bond acceptors (Lipinski definition) is 5. The fraction of sp³-hybridized carbons (Fsp3) is 0.650. The summed E-state index contributed by atoms with van der Waals surface area (Å²) in [6, 6.07) is 3.21. The van der Waals surface area contributed by atoms with E-state index in [1.807, 2.05) is 18.7 Å². The zero-order valence-electron chi connectivity index (χ0n) is 17.8. The average Bonchev–Trinajstić information content (AvgIpc) is 3.42. The van der Waals surface area contributed by atoms with Crippen molar-refractivity contribution in [3.63, 3.8) is 0 Å². The van der Waals surface area contributed by atoms with Crippen LogP contribution in [0.15, 0.2) is 21.5 Å². The third kappa shape index (κ3) is 6.10. The van der Waals surface area contributed by atoms with Crippen LogP contribution in [0.1, 0.15) is 43.0 Å². The molecule has 10 heteroatoms. The van der Waals surface area contributed by atoms with Crippen molar-refractivity contribution in [3.05, 3.63) is 23.7 Å². The minimum Gasteiger partial charge on any atom is -0.454 e.